The van der Waals surface area contributed by atoms with Crippen molar-refractivity contribution in [2.45, 2.75) is 13.5 Å². The molecule has 0 atom stereocenters. The Labute approximate surface area is 105 Å². The Morgan fingerprint density at radius 2 is 2.18 bits per heavy atom. The highest BCUT2D eigenvalue weighted by Gasteiger charge is 2.04. The van der Waals surface area contributed by atoms with Crippen LogP contribution in [0.3, 0.4) is 0 Å². The number of pyridine rings is 1. The lowest BCUT2D eigenvalue weighted by atomic mass is 10.2. The maximum absolute atomic E-state index is 9.35. The van der Waals surface area contributed by atoms with Crippen LogP contribution in [0.15, 0.2) is 36.5 Å². The van der Waals surface area contributed by atoms with Crippen LogP contribution in [-0.4, -0.2) is 10.1 Å². The summed E-state index contributed by atoms with van der Waals surface area (Å²) >= 11 is 6.00. The number of rotatable bonds is 3. The zero-order valence-electron chi connectivity index (χ0n) is 9.44. The Kier molecular flexibility index (Phi) is 3.49. The van der Waals surface area contributed by atoms with Crippen LogP contribution in [0.4, 0.5) is 5.69 Å². The van der Waals surface area contributed by atoms with E-state index in [1.54, 1.807) is 18.3 Å². The minimum absolute atomic E-state index is 0.262. The molecule has 0 radical (unpaired) electrons. The second-order valence-corrected chi connectivity index (χ2v) is 4.18. The largest absolute Gasteiger partial charge is 0.508 e. The summed E-state index contributed by atoms with van der Waals surface area (Å²) in [5, 5.41) is 13.0. The fourth-order valence-electron chi connectivity index (χ4n) is 1.59. The normalized spacial score (nSPS) is 10.2. The summed E-state index contributed by atoms with van der Waals surface area (Å²) in [6, 6.07) is 9.01. The summed E-state index contributed by atoms with van der Waals surface area (Å²) in [6.45, 7) is 2.57. The molecule has 3 nitrogen and oxygen atoms in total. The van der Waals surface area contributed by atoms with Crippen LogP contribution in [-0.2, 0) is 6.54 Å². The van der Waals surface area contributed by atoms with Crippen molar-refractivity contribution in [1.29, 1.82) is 0 Å². The predicted octanol–water partition coefficient (Wildman–Crippen LogP) is 3.36. The molecule has 0 spiro atoms. The standard InChI is InChI=1S/C13H13ClN2O/c1-9-5-6-15-13(14)12(9)16-8-10-3-2-4-11(17)7-10/h2-7,16-17H,8H2,1H3. The first-order chi connectivity index (χ1) is 8.16. The molecule has 0 saturated heterocycles. The van der Waals surface area contributed by atoms with Gasteiger partial charge in [0.25, 0.3) is 0 Å². The fraction of sp³-hybridized carbons (Fsp3) is 0.154. The number of anilines is 1. The molecule has 1 heterocycles. The number of nitrogens with zero attached hydrogens (tertiary/aromatic N) is 1. The van der Waals surface area contributed by atoms with Crippen molar-refractivity contribution < 1.29 is 5.11 Å². The molecule has 0 fully saturated rings. The van der Waals surface area contributed by atoms with Crippen LogP contribution < -0.4 is 5.32 Å². The Hall–Kier alpha value is -1.74. The lowest BCUT2D eigenvalue weighted by Crippen LogP contribution is -2.02. The monoisotopic (exact) mass is 248 g/mol. The van der Waals surface area contributed by atoms with Gasteiger partial charge < -0.3 is 10.4 Å². The van der Waals surface area contributed by atoms with Gasteiger partial charge in [-0.25, -0.2) is 4.98 Å². The van der Waals surface area contributed by atoms with Crippen molar-refractivity contribution >= 4 is 17.3 Å². The number of halogens is 1. The Morgan fingerprint density at radius 1 is 1.35 bits per heavy atom. The SMILES string of the molecule is Cc1ccnc(Cl)c1NCc1cccc(O)c1. The van der Waals surface area contributed by atoms with Gasteiger partial charge in [-0.2, -0.15) is 0 Å². The second kappa shape index (κ2) is 5.06. The molecule has 0 amide bonds. The van der Waals surface area contributed by atoms with Crippen molar-refractivity contribution in [2.75, 3.05) is 5.32 Å². The summed E-state index contributed by atoms with van der Waals surface area (Å²) < 4.78 is 0. The van der Waals surface area contributed by atoms with Gasteiger partial charge >= 0.3 is 0 Å². The van der Waals surface area contributed by atoms with E-state index in [9.17, 15) is 5.11 Å². The third-order valence-corrected chi connectivity index (χ3v) is 2.78. The number of aromatic nitrogens is 1. The van der Waals surface area contributed by atoms with Gasteiger partial charge in [0.2, 0.25) is 0 Å². The topological polar surface area (TPSA) is 45.2 Å². The molecule has 1 aromatic heterocycles. The van der Waals surface area contributed by atoms with E-state index in [0.29, 0.717) is 11.7 Å². The van der Waals surface area contributed by atoms with Crippen molar-refractivity contribution in [3.63, 3.8) is 0 Å². The van der Waals surface area contributed by atoms with Crippen LogP contribution >= 0.6 is 11.6 Å². The highest BCUT2D eigenvalue weighted by atomic mass is 35.5. The van der Waals surface area contributed by atoms with Crippen LogP contribution in [0.2, 0.25) is 5.15 Å². The van der Waals surface area contributed by atoms with Crippen molar-refractivity contribution in [3.8, 4) is 5.75 Å². The van der Waals surface area contributed by atoms with Crippen LogP contribution in [0, 0.1) is 6.92 Å². The molecule has 0 bridgehead atoms. The molecule has 1 aromatic carbocycles. The Balaban J connectivity index is 2.13. The molecule has 17 heavy (non-hydrogen) atoms. The van der Waals surface area contributed by atoms with Crippen LogP contribution in [0.1, 0.15) is 11.1 Å². The molecular weight excluding hydrogens is 236 g/mol. The van der Waals surface area contributed by atoms with Gasteiger partial charge in [-0.05, 0) is 36.2 Å². The third kappa shape index (κ3) is 2.88. The molecule has 2 aromatic rings. The highest BCUT2D eigenvalue weighted by molar-refractivity contribution is 6.32. The summed E-state index contributed by atoms with van der Waals surface area (Å²) in [5.74, 6) is 0.262. The minimum Gasteiger partial charge on any atom is -0.508 e. The van der Waals surface area contributed by atoms with Crippen molar-refractivity contribution in [2.24, 2.45) is 0 Å². The molecule has 2 rings (SSSR count). The number of hydrogen-bond acceptors (Lipinski definition) is 3. The molecule has 4 heteroatoms. The van der Waals surface area contributed by atoms with Gasteiger partial charge in [0.1, 0.15) is 5.75 Å². The summed E-state index contributed by atoms with van der Waals surface area (Å²) in [7, 11) is 0. The first-order valence-corrected chi connectivity index (χ1v) is 5.67. The lowest BCUT2D eigenvalue weighted by Gasteiger charge is -2.10. The Morgan fingerprint density at radius 3 is 2.88 bits per heavy atom. The number of phenols is 1. The lowest BCUT2D eigenvalue weighted by molar-refractivity contribution is 0.474. The molecule has 0 unspecified atom stereocenters. The molecule has 88 valence electrons. The van der Waals surface area contributed by atoms with E-state index in [2.05, 4.69) is 10.3 Å². The third-order valence-electron chi connectivity index (χ3n) is 2.49. The van der Waals surface area contributed by atoms with Gasteiger partial charge in [0, 0.05) is 12.7 Å². The fourth-order valence-corrected chi connectivity index (χ4v) is 1.87. The number of benzene rings is 1. The molecule has 0 aliphatic heterocycles. The average Bonchev–Trinajstić information content (AvgIpc) is 2.28. The number of phenolic OH excluding ortho intramolecular Hbond substituents is 1. The van der Waals surface area contributed by atoms with E-state index < -0.39 is 0 Å². The Bertz CT molecular complexity index is 508. The first-order valence-electron chi connectivity index (χ1n) is 5.29. The number of hydrogen-bond donors (Lipinski definition) is 2. The van der Waals surface area contributed by atoms with E-state index in [4.69, 9.17) is 11.6 Å². The van der Waals surface area contributed by atoms with Gasteiger partial charge in [-0.3, -0.25) is 0 Å². The summed E-state index contributed by atoms with van der Waals surface area (Å²) in [6.07, 6.45) is 1.68. The van der Waals surface area contributed by atoms with E-state index in [1.165, 1.54) is 0 Å². The van der Waals surface area contributed by atoms with E-state index >= 15 is 0 Å². The summed E-state index contributed by atoms with van der Waals surface area (Å²) in [4.78, 5) is 4.02. The number of nitrogens with one attached hydrogen (secondary N) is 1. The van der Waals surface area contributed by atoms with Crippen molar-refractivity contribution in [3.05, 3.63) is 52.8 Å². The van der Waals surface area contributed by atoms with Gasteiger partial charge in [-0.15, -0.1) is 0 Å². The van der Waals surface area contributed by atoms with E-state index in [1.807, 2.05) is 25.1 Å². The maximum atomic E-state index is 9.35. The smallest absolute Gasteiger partial charge is 0.152 e. The molecular formula is C13H13ClN2O. The maximum Gasteiger partial charge on any atom is 0.152 e. The van der Waals surface area contributed by atoms with E-state index in [-0.39, 0.29) is 5.75 Å². The van der Waals surface area contributed by atoms with Gasteiger partial charge in [0.15, 0.2) is 5.15 Å². The van der Waals surface area contributed by atoms with Crippen LogP contribution in [0.5, 0.6) is 5.75 Å². The van der Waals surface area contributed by atoms with Crippen molar-refractivity contribution in [1.82, 2.24) is 4.98 Å². The summed E-state index contributed by atoms with van der Waals surface area (Å²) in [5.41, 5.74) is 2.87. The number of aromatic hydroxyl groups is 1. The molecule has 2 N–H and O–H groups in total. The molecule has 0 aliphatic rings. The minimum atomic E-state index is 0.262. The number of aryl methyl sites for hydroxylation is 1. The first kappa shape index (κ1) is 11.7. The van der Waals surface area contributed by atoms with E-state index in [0.717, 1.165) is 16.8 Å². The predicted molar refractivity (Wildman–Crippen MR) is 69.4 cm³/mol. The molecule has 0 saturated carbocycles. The van der Waals surface area contributed by atoms with Crippen LogP contribution in [0.25, 0.3) is 0 Å². The molecule has 0 aliphatic carbocycles. The quantitative estimate of drug-likeness (QED) is 0.819. The zero-order valence-corrected chi connectivity index (χ0v) is 10.2. The average molecular weight is 249 g/mol. The second-order valence-electron chi connectivity index (χ2n) is 3.82. The highest BCUT2D eigenvalue weighted by Crippen LogP contribution is 2.23. The van der Waals surface area contributed by atoms with Gasteiger partial charge in [0.05, 0.1) is 5.69 Å². The zero-order chi connectivity index (χ0) is 12.3. The van der Waals surface area contributed by atoms with Gasteiger partial charge in [-0.1, -0.05) is 23.7 Å².